The summed E-state index contributed by atoms with van der Waals surface area (Å²) in [5, 5.41) is 21.0. The van der Waals surface area contributed by atoms with Crippen LogP contribution in [-0.2, 0) is 13.1 Å². The molecule has 0 aliphatic carbocycles. The van der Waals surface area contributed by atoms with Crippen molar-refractivity contribution in [1.82, 2.24) is 14.4 Å². The SMILES string of the molecule is CN=Cc1cc(NC2N=CNc3ccc(-c4ccn(CC(O)CN5CCN(C)CC5)c4)cc32)ccc1NCc1cccc(F)c1. The minimum absolute atomic E-state index is 0.247. The predicted molar refractivity (Wildman–Crippen MR) is 182 cm³/mol. The molecule has 6 rings (SSSR count). The van der Waals surface area contributed by atoms with Crippen LogP contribution in [0, 0.1) is 5.82 Å². The van der Waals surface area contributed by atoms with Crippen molar-refractivity contribution in [3.8, 4) is 11.1 Å². The fourth-order valence-electron chi connectivity index (χ4n) is 5.89. The Bertz CT molecular complexity index is 1660. The van der Waals surface area contributed by atoms with Gasteiger partial charge in [-0.3, -0.25) is 9.89 Å². The molecule has 0 radical (unpaired) electrons. The molecule has 1 aromatic heterocycles. The molecule has 1 fully saturated rings. The van der Waals surface area contributed by atoms with Gasteiger partial charge in [-0.15, -0.1) is 0 Å². The van der Waals surface area contributed by atoms with E-state index in [4.69, 9.17) is 4.99 Å². The normalized spacial score (nSPS) is 17.6. The van der Waals surface area contributed by atoms with Crippen molar-refractivity contribution in [2.45, 2.75) is 25.4 Å². The number of benzene rings is 3. The van der Waals surface area contributed by atoms with Crippen molar-refractivity contribution in [1.29, 1.82) is 0 Å². The predicted octanol–water partition coefficient (Wildman–Crippen LogP) is 5.13. The zero-order valence-corrected chi connectivity index (χ0v) is 25.8. The van der Waals surface area contributed by atoms with Crippen molar-refractivity contribution < 1.29 is 9.50 Å². The number of rotatable bonds is 11. The van der Waals surface area contributed by atoms with E-state index in [0.29, 0.717) is 19.6 Å². The first-order chi connectivity index (χ1) is 21.9. The lowest BCUT2D eigenvalue weighted by Crippen LogP contribution is -2.47. The van der Waals surface area contributed by atoms with E-state index in [9.17, 15) is 9.50 Å². The van der Waals surface area contributed by atoms with Gasteiger partial charge in [0.1, 0.15) is 12.0 Å². The number of fused-ring (bicyclic) bond motifs is 1. The third kappa shape index (κ3) is 7.78. The lowest BCUT2D eigenvalue weighted by Gasteiger charge is -2.33. The minimum atomic E-state index is -0.421. The summed E-state index contributed by atoms with van der Waals surface area (Å²) in [6.45, 7) is 5.83. The van der Waals surface area contributed by atoms with E-state index >= 15 is 0 Å². The van der Waals surface area contributed by atoms with Crippen LogP contribution < -0.4 is 16.0 Å². The van der Waals surface area contributed by atoms with Gasteiger partial charge >= 0.3 is 0 Å². The average molecular weight is 609 g/mol. The zero-order chi connectivity index (χ0) is 31.2. The lowest BCUT2D eigenvalue weighted by molar-refractivity contribution is 0.0711. The Labute approximate surface area is 264 Å². The Morgan fingerprint density at radius 1 is 1.04 bits per heavy atom. The molecule has 234 valence electrons. The highest BCUT2D eigenvalue weighted by Crippen LogP contribution is 2.34. The maximum atomic E-state index is 13.6. The monoisotopic (exact) mass is 608 g/mol. The Balaban J connectivity index is 1.13. The van der Waals surface area contributed by atoms with E-state index in [1.807, 2.05) is 36.7 Å². The van der Waals surface area contributed by atoms with E-state index in [1.165, 1.54) is 12.1 Å². The molecule has 0 saturated carbocycles. The molecule has 2 atom stereocenters. The fourth-order valence-corrected chi connectivity index (χ4v) is 5.89. The molecule has 4 aromatic rings. The first kappa shape index (κ1) is 30.5. The van der Waals surface area contributed by atoms with Crippen LogP contribution in [0.25, 0.3) is 11.1 Å². The molecule has 1 saturated heterocycles. The Morgan fingerprint density at radius 2 is 1.91 bits per heavy atom. The Kier molecular flexibility index (Phi) is 9.54. The molecular formula is C35H41FN8O. The average Bonchev–Trinajstić information content (AvgIpc) is 3.50. The van der Waals surface area contributed by atoms with Gasteiger partial charge in [-0.2, -0.15) is 0 Å². The molecule has 2 aliphatic heterocycles. The number of likely N-dealkylation sites (N-methyl/N-ethyl adjacent to an activating group) is 1. The van der Waals surface area contributed by atoms with Crippen molar-refractivity contribution in [2.75, 3.05) is 62.8 Å². The molecule has 3 aromatic carbocycles. The van der Waals surface area contributed by atoms with E-state index in [1.54, 1.807) is 19.5 Å². The zero-order valence-electron chi connectivity index (χ0n) is 25.8. The van der Waals surface area contributed by atoms with Gasteiger partial charge in [-0.1, -0.05) is 18.2 Å². The summed E-state index contributed by atoms with van der Waals surface area (Å²) in [6.07, 6.45) is 6.96. The molecule has 9 nitrogen and oxygen atoms in total. The second kappa shape index (κ2) is 14.1. The number of hydrogen-bond acceptors (Lipinski definition) is 8. The highest BCUT2D eigenvalue weighted by molar-refractivity contribution is 5.89. The number of piperazine rings is 1. The molecule has 2 aliphatic rings. The van der Waals surface area contributed by atoms with Gasteiger partial charge in [-0.25, -0.2) is 9.38 Å². The molecule has 0 bridgehead atoms. The van der Waals surface area contributed by atoms with Crippen LogP contribution in [0.4, 0.5) is 21.5 Å². The molecule has 2 unspecified atom stereocenters. The summed E-state index contributed by atoms with van der Waals surface area (Å²) in [4.78, 5) is 13.6. The van der Waals surface area contributed by atoms with Gasteiger partial charge in [0.15, 0.2) is 0 Å². The van der Waals surface area contributed by atoms with E-state index in [-0.39, 0.29) is 12.0 Å². The summed E-state index contributed by atoms with van der Waals surface area (Å²) < 4.78 is 15.7. The second-order valence-corrected chi connectivity index (χ2v) is 11.8. The van der Waals surface area contributed by atoms with Gasteiger partial charge in [0.05, 0.1) is 12.4 Å². The third-order valence-corrected chi connectivity index (χ3v) is 8.36. The van der Waals surface area contributed by atoms with Crippen LogP contribution >= 0.6 is 0 Å². The van der Waals surface area contributed by atoms with Crippen LogP contribution in [0.2, 0.25) is 0 Å². The molecule has 10 heteroatoms. The van der Waals surface area contributed by atoms with Gasteiger partial charge in [0, 0.05) is 99.7 Å². The Morgan fingerprint density at radius 3 is 2.73 bits per heavy atom. The van der Waals surface area contributed by atoms with Crippen LogP contribution in [-0.4, -0.2) is 84.9 Å². The number of aliphatic imine (C=N–C) groups is 2. The highest BCUT2D eigenvalue weighted by Gasteiger charge is 2.20. The molecule has 0 spiro atoms. The highest BCUT2D eigenvalue weighted by atomic mass is 19.1. The number of aliphatic hydroxyl groups excluding tert-OH is 1. The molecule has 0 amide bonds. The van der Waals surface area contributed by atoms with E-state index in [2.05, 4.69) is 72.8 Å². The Hall–Kier alpha value is -4.51. The number of anilines is 3. The van der Waals surface area contributed by atoms with Gasteiger partial charge in [0.2, 0.25) is 0 Å². The summed E-state index contributed by atoms with van der Waals surface area (Å²) in [7, 11) is 3.89. The van der Waals surface area contributed by atoms with Crippen molar-refractivity contribution in [3.63, 3.8) is 0 Å². The van der Waals surface area contributed by atoms with Crippen LogP contribution in [0.5, 0.6) is 0 Å². The third-order valence-electron chi connectivity index (χ3n) is 8.36. The molecule has 3 heterocycles. The lowest BCUT2D eigenvalue weighted by atomic mass is 10.0. The smallest absolute Gasteiger partial charge is 0.148 e. The molecule has 4 N–H and O–H groups in total. The van der Waals surface area contributed by atoms with Crippen molar-refractivity contribution in [2.24, 2.45) is 9.98 Å². The summed E-state index contributed by atoms with van der Waals surface area (Å²) >= 11 is 0. The fraction of sp³-hybridized carbons (Fsp3) is 0.314. The van der Waals surface area contributed by atoms with E-state index in [0.717, 1.165) is 71.1 Å². The summed E-state index contributed by atoms with van der Waals surface area (Å²) in [5.41, 5.74) is 7.81. The van der Waals surface area contributed by atoms with Gasteiger partial charge < -0.3 is 30.5 Å². The molecule has 45 heavy (non-hydrogen) atoms. The number of aliphatic hydroxyl groups is 1. The van der Waals surface area contributed by atoms with Crippen LogP contribution in [0.3, 0.4) is 0 Å². The standard InChI is InChI=1S/C35H41FN8O/c1-37-20-28-17-30(7-9-33(28)38-19-25-4-3-5-29(36)16-25)41-35-32-18-26(6-8-34(32)39-24-40-35)27-10-11-44(21-27)23-31(45)22-43-14-12-42(2)13-15-43/h3-11,16-18,20-21,24,31,35,38,41,45H,12-15,19,22-23H2,1-2H3,(H,39,40). The second-order valence-electron chi connectivity index (χ2n) is 11.8. The number of nitrogens with zero attached hydrogens (tertiary/aromatic N) is 5. The molecular weight excluding hydrogens is 567 g/mol. The minimum Gasteiger partial charge on any atom is -0.390 e. The first-order valence-electron chi connectivity index (χ1n) is 15.4. The van der Waals surface area contributed by atoms with E-state index < -0.39 is 6.10 Å². The van der Waals surface area contributed by atoms with Gasteiger partial charge in [-0.05, 0) is 72.3 Å². The maximum Gasteiger partial charge on any atom is 0.148 e. The first-order valence-corrected chi connectivity index (χ1v) is 15.4. The maximum absolute atomic E-state index is 13.6. The number of aromatic nitrogens is 1. The topological polar surface area (TPSA) is 92.4 Å². The van der Waals surface area contributed by atoms with Crippen LogP contribution in [0.1, 0.15) is 22.9 Å². The number of nitrogens with one attached hydrogen (secondary N) is 3. The quantitative estimate of drug-likeness (QED) is 0.177. The largest absolute Gasteiger partial charge is 0.390 e. The number of halogens is 1. The van der Waals surface area contributed by atoms with Gasteiger partial charge in [0.25, 0.3) is 0 Å². The van der Waals surface area contributed by atoms with Crippen LogP contribution in [0.15, 0.2) is 89.1 Å². The number of β-amino-alcohol motifs (C(OH)–C–C–N with tert-alkyl or cyclic N) is 1. The number of hydrogen-bond donors (Lipinski definition) is 4. The summed E-state index contributed by atoms with van der Waals surface area (Å²) in [5.74, 6) is -0.247. The van der Waals surface area contributed by atoms with Crippen molar-refractivity contribution in [3.05, 3.63) is 102 Å². The summed E-state index contributed by atoms with van der Waals surface area (Å²) in [6, 6.07) is 21.1. The van der Waals surface area contributed by atoms with Crippen molar-refractivity contribution >= 4 is 29.6 Å².